The van der Waals surface area contributed by atoms with Crippen LogP contribution in [0.15, 0.2) is 120 Å². The third kappa shape index (κ3) is 34.4. The molecular formula is C94H117Cl6N13O24. The summed E-state index contributed by atoms with van der Waals surface area (Å²) in [6.45, 7) is 24.7. The van der Waals surface area contributed by atoms with Crippen molar-refractivity contribution in [2.75, 3.05) is 40.5 Å². The largest absolute Gasteiger partial charge is 0.460 e. The molecule has 0 bridgehead atoms. The molecule has 4 aromatic carbocycles. The molecule has 2 saturated carbocycles. The Bertz CT molecular complexity index is 5370. The first-order chi connectivity index (χ1) is 64.3. The van der Waals surface area contributed by atoms with Gasteiger partial charge in [-0.05, 0) is 203 Å². The Morgan fingerprint density at radius 1 is 0.591 bits per heavy atom. The molecule has 43 heteroatoms. The van der Waals surface area contributed by atoms with Gasteiger partial charge in [0.05, 0.1) is 49.5 Å². The second-order valence-electron chi connectivity index (χ2n) is 35.1. The van der Waals surface area contributed by atoms with Crippen molar-refractivity contribution in [2.24, 2.45) is 27.6 Å². The molecule has 0 radical (unpaired) electrons. The van der Waals surface area contributed by atoms with E-state index in [2.05, 4.69) is 61.8 Å². The highest BCUT2D eigenvalue weighted by Crippen LogP contribution is 2.41. The van der Waals surface area contributed by atoms with E-state index in [1.54, 1.807) is 27.7 Å². The summed E-state index contributed by atoms with van der Waals surface area (Å²) in [4.78, 5) is 178. The zero-order valence-electron chi connectivity index (χ0n) is 78.9. The minimum absolute atomic E-state index is 0.242. The molecule has 37 nitrogen and oxygen atoms in total. The van der Waals surface area contributed by atoms with Crippen LogP contribution in [0.4, 0.5) is 16.2 Å². The smallest absolute Gasteiger partial charge is 0.408 e. The normalized spacial score (nSPS) is 18.5. The molecule has 4 fully saturated rings. The molecule has 4 heterocycles. The second kappa shape index (κ2) is 51.4. The Hall–Kier alpha value is -11.3. The number of aliphatic hydroxyl groups excluding tert-OH is 1. The Balaban J connectivity index is 0.000000262. The number of aryl methyl sites for hydroxylation is 2. The molecule has 2 aliphatic heterocycles. The lowest BCUT2D eigenvalue weighted by molar-refractivity contribution is -0.385. The lowest BCUT2D eigenvalue weighted by Gasteiger charge is -2.36. The van der Waals surface area contributed by atoms with Gasteiger partial charge in [-0.2, -0.15) is 0 Å². The van der Waals surface area contributed by atoms with Crippen LogP contribution < -0.4 is 26.8 Å². The molecule has 744 valence electrons. The van der Waals surface area contributed by atoms with Gasteiger partial charge in [0.2, 0.25) is 13.5 Å². The van der Waals surface area contributed by atoms with E-state index in [9.17, 15) is 78.1 Å². The highest BCUT2D eigenvalue weighted by molar-refractivity contribution is 6.68. The number of nitro benzene ring substituents is 2. The first-order valence-electron chi connectivity index (χ1n) is 44.2. The number of alkyl halides is 6. The standard InChI is InChI=1S/C37H48Cl3N5O7.C26H33N3O5.C16H12N2O7.C15H24Cl3N3O5/c1-22(2)28-12-11-26-10-9-25(20-30(26)42-28)13-16-36(17-14-27(15-18-36)44-50-6)35(49)52-31(23(3)4)32(46)41-24(5)33(47)45-19-7-8-29(43-45)34(48)51-21-37(38,39)40;1-18(27-24(31)34-25(2,3)4)22-9-8-20-7-6-19(16-23(20)28-22)10-13-26(33-17-30)14-11-21(12-15-26)29-32-5;1-9-5-3-7-11(17(21)22)13(9)15(19)25-16(20)14-10(2)6-4-8-12(14)18(23)24;1-8(2)11(22)12(23)19-9(3)13(24)21-6-4-5-10(20-21)14(25)26-7-15(16,17)18/h9-13,16,20,22-24,29,31,43H,7-8,14-15,17-19,21H2,1-6H3,(H,41,46);6-10,13,16-18H,11-12,14-15H2,1-5H3,(H,27,31);3-8H,1-2H3;8-11,20,22H,4-7H2,1-3H3,(H,19,23)/b16-13+,44-27?;13-10+,29-21?;;/t24-,29-,31-,36?;18-,26?;;9-,10-,11-/m01.0/s1. The monoisotopic (exact) mass is 2020 g/mol. The number of hydrogen-bond donors (Lipinski definition) is 6. The van der Waals surface area contributed by atoms with Gasteiger partial charge in [-0.25, -0.2) is 25.2 Å². The van der Waals surface area contributed by atoms with E-state index < -0.39 is 160 Å². The van der Waals surface area contributed by atoms with Gasteiger partial charge >= 0.3 is 35.9 Å². The molecule has 6 aromatic rings. The molecule has 6 N–H and O–H groups in total. The van der Waals surface area contributed by atoms with Crippen LogP contribution in [0.25, 0.3) is 34.0 Å². The molecule has 5 amide bonds. The fourth-order valence-electron chi connectivity index (χ4n) is 14.7. The summed E-state index contributed by atoms with van der Waals surface area (Å²) in [7, 11) is 3.02. The highest BCUT2D eigenvalue weighted by atomic mass is 35.6. The third-order valence-electron chi connectivity index (χ3n) is 22.1. The number of hydrazine groups is 2. The van der Waals surface area contributed by atoms with Crippen molar-refractivity contribution >= 4 is 192 Å². The van der Waals surface area contributed by atoms with E-state index in [-0.39, 0.29) is 40.1 Å². The molecule has 0 unspecified atom stereocenters. The molecule has 4 aliphatic rings. The predicted octanol–water partition coefficient (Wildman–Crippen LogP) is 15.8. The van der Waals surface area contributed by atoms with E-state index in [0.29, 0.717) is 96.6 Å². The van der Waals surface area contributed by atoms with Crippen molar-refractivity contribution in [1.82, 2.24) is 46.8 Å². The number of esters is 5. The molecule has 2 saturated heterocycles. The number of benzene rings is 4. The van der Waals surface area contributed by atoms with Crippen LogP contribution in [0.3, 0.4) is 0 Å². The van der Waals surface area contributed by atoms with Crippen LogP contribution in [-0.4, -0.2) is 208 Å². The number of oxime groups is 2. The third-order valence-corrected chi connectivity index (χ3v) is 22.8. The predicted molar refractivity (Wildman–Crippen MR) is 516 cm³/mol. The number of aromatic nitrogens is 2. The number of halogens is 6. The van der Waals surface area contributed by atoms with Crippen molar-refractivity contribution in [3.8, 4) is 0 Å². The average molecular weight is 2030 g/mol. The van der Waals surface area contributed by atoms with Gasteiger partial charge in [-0.15, -0.1) is 0 Å². The van der Waals surface area contributed by atoms with Crippen molar-refractivity contribution < 1.29 is 106 Å². The molecule has 2 aromatic heterocycles. The quantitative estimate of drug-likeness (QED) is 0.00483. The van der Waals surface area contributed by atoms with Crippen LogP contribution in [-0.2, 0) is 76.5 Å². The number of aliphatic hydroxyl groups is 1. The molecular weight excluding hydrogens is 1910 g/mol. The van der Waals surface area contributed by atoms with Crippen LogP contribution in [0, 0.1) is 51.3 Å². The molecule has 137 heavy (non-hydrogen) atoms. The number of pyridine rings is 2. The van der Waals surface area contributed by atoms with Gasteiger partial charge in [0.25, 0.3) is 35.6 Å². The second-order valence-corrected chi connectivity index (χ2v) is 40.1. The molecule has 10 rings (SSSR count). The minimum Gasteiger partial charge on any atom is -0.460 e. The first-order valence-corrected chi connectivity index (χ1v) is 46.4. The van der Waals surface area contributed by atoms with Gasteiger partial charge in [0.15, 0.2) is 6.10 Å². The van der Waals surface area contributed by atoms with E-state index in [1.807, 2.05) is 107 Å². The fraction of sp³-hybridized carbons (Fsp3) is 0.500. The first kappa shape index (κ1) is 113. The highest BCUT2D eigenvalue weighted by Gasteiger charge is 2.45. The topological polar surface area (TPSA) is 485 Å². The average Bonchev–Trinajstić information content (AvgIpc) is 0.788. The Kier molecular flexibility index (Phi) is 42.3. The Morgan fingerprint density at radius 3 is 1.44 bits per heavy atom. The van der Waals surface area contributed by atoms with E-state index in [1.165, 1.54) is 76.2 Å². The number of ether oxygens (including phenoxy) is 6. The number of hydrogen-bond acceptors (Lipinski definition) is 30. The summed E-state index contributed by atoms with van der Waals surface area (Å²) < 4.78 is 28.0. The number of carbonyl (C=O) groups is 11. The van der Waals surface area contributed by atoms with Gasteiger partial charge in [0.1, 0.15) is 80.0 Å². The maximum Gasteiger partial charge on any atom is 0.408 e. The lowest BCUT2D eigenvalue weighted by Crippen LogP contribution is -2.60. The Morgan fingerprint density at radius 2 is 1.02 bits per heavy atom. The SMILES string of the molecule is CC(C)[C@H](O)C(=O)N[C@@H](C)C(=O)N1CCC[C@@H](C(=O)OCC(Cl)(Cl)Cl)N1.CON=C1CCC(/C=C/c2ccc3ccc(C(C)C)nc3c2)(C(=O)O[C@H](C(=O)N[C@@H](C)C(=O)N2CCC[C@@H](C(=O)OCC(Cl)(Cl)Cl)N2)C(C)C)CC1.CON=C1CCC(/C=C/c2ccc3ccc([C@@H](C)NC(=O)OC(C)(C)C)nc3c2)(OC=O)CC1.Cc1cccc([N+](=O)[O-])c1C(=O)OC(=O)c1c(C)cccc1[N+](=O)[O-]. The maximum absolute atomic E-state index is 14.1. The van der Waals surface area contributed by atoms with Gasteiger partial charge in [0, 0.05) is 41.7 Å². The number of rotatable bonds is 29. The lowest BCUT2D eigenvalue weighted by atomic mass is 9.73. The Labute approximate surface area is 823 Å². The zero-order valence-corrected chi connectivity index (χ0v) is 83.4. The number of carbonyl (C=O) groups excluding carboxylic acids is 11. The van der Waals surface area contributed by atoms with Crippen molar-refractivity contribution in [3.05, 3.63) is 174 Å². The maximum atomic E-state index is 14.1. The number of nitrogens with zero attached hydrogens (tertiary/aromatic N) is 8. The van der Waals surface area contributed by atoms with Crippen molar-refractivity contribution in [1.29, 1.82) is 0 Å². The summed E-state index contributed by atoms with van der Waals surface area (Å²) in [6.07, 6.45) is 11.3. The fourth-order valence-corrected chi connectivity index (χ4v) is 15.0. The van der Waals surface area contributed by atoms with Crippen molar-refractivity contribution in [2.45, 2.75) is 241 Å². The summed E-state index contributed by atoms with van der Waals surface area (Å²) in [5, 5.41) is 52.5. The van der Waals surface area contributed by atoms with Gasteiger partial charge in [-0.3, -0.25) is 78.6 Å². The van der Waals surface area contributed by atoms with Crippen LogP contribution >= 0.6 is 69.6 Å². The minimum atomic E-state index is -1.77. The van der Waals surface area contributed by atoms with Crippen LogP contribution in [0.1, 0.15) is 226 Å². The molecule has 7 atom stereocenters. The summed E-state index contributed by atoms with van der Waals surface area (Å²) >= 11 is 33.7. The zero-order chi connectivity index (χ0) is 102. The number of amides is 5. The number of alkyl carbamates (subject to hydrolysis) is 1. The van der Waals surface area contributed by atoms with Gasteiger partial charge < -0.3 is 59.2 Å². The molecule has 0 spiro atoms. The summed E-state index contributed by atoms with van der Waals surface area (Å²) in [6, 6.07) is 24.0. The number of nitro groups is 2. The summed E-state index contributed by atoms with van der Waals surface area (Å²) in [5.74, 6) is -6.90. The number of nitrogens with one attached hydrogen (secondary N) is 5. The van der Waals surface area contributed by atoms with Crippen LogP contribution in [0.2, 0.25) is 0 Å². The molecule has 2 aliphatic carbocycles. The van der Waals surface area contributed by atoms with Gasteiger partial charge in [-0.1, -0.05) is 200 Å². The summed E-state index contributed by atoms with van der Waals surface area (Å²) in [5.41, 5.74) is 9.06. The van der Waals surface area contributed by atoms with E-state index in [0.717, 1.165) is 67.9 Å². The van der Waals surface area contributed by atoms with Crippen LogP contribution in [0.5, 0.6) is 0 Å². The van der Waals surface area contributed by atoms with E-state index in [4.69, 9.17) is 113 Å². The number of fused-ring (bicyclic) bond motifs is 2. The van der Waals surface area contributed by atoms with E-state index >= 15 is 0 Å². The van der Waals surface area contributed by atoms with Crippen molar-refractivity contribution in [3.63, 3.8) is 0 Å².